The zero-order chi connectivity index (χ0) is 18.4. The number of ether oxygens (including phenoxy) is 2. The van der Waals surface area contributed by atoms with Gasteiger partial charge in [0.1, 0.15) is 24.7 Å². The third-order valence-electron chi connectivity index (χ3n) is 4.51. The van der Waals surface area contributed by atoms with Gasteiger partial charge in [-0.25, -0.2) is 0 Å². The van der Waals surface area contributed by atoms with Gasteiger partial charge in [0.2, 0.25) is 0 Å². The molecule has 0 amide bonds. The van der Waals surface area contributed by atoms with Gasteiger partial charge in [0.05, 0.1) is 0 Å². The van der Waals surface area contributed by atoms with E-state index < -0.39 is 0 Å². The summed E-state index contributed by atoms with van der Waals surface area (Å²) in [7, 11) is 1.95. The van der Waals surface area contributed by atoms with Crippen LogP contribution >= 0.6 is 0 Å². The van der Waals surface area contributed by atoms with Gasteiger partial charge in [0, 0.05) is 12.1 Å². The van der Waals surface area contributed by atoms with Crippen LogP contribution in [-0.4, -0.2) is 20.3 Å². The minimum Gasteiger partial charge on any atom is -0.490 e. The fourth-order valence-electron chi connectivity index (χ4n) is 3.07. The number of fused-ring (bicyclic) bond motifs is 1. The third-order valence-corrected chi connectivity index (χ3v) is 4.51. The lowest BCUT2D eigenvalue weighted by Crippen LogP contribution is -2.12. The summed E-state index contributed by atoms with van der Waals surface area (Å²) >= 11 is 0. The molecule has 3 heteroatoms. The predicted molar refractivity (Wildman–Crippen MR) is 108 cm³/mol. The molecule has 3 rings (SSSR count). The van der Waals surface area contributed by atoms with Crippen molar-refractivity contribution in [3.8, 4) is 11.5 Å². The van der Waals surface area contributed by atoms with Crippen molar-refractivity contribution < 1.29 is 9.47 Å². The third kappa shape index (κ3) is 4.36. The highest BCUT2D eigenvalue weighted by atomic mass is 16.5. The first kappa shape index (κ1) is 18.3. The predicted octanol–water partition coefficient (Wildman–Crippen LogP) is 5.14. The van der Waals surface area contributed by atoms with E-state index in [4.69, 9.17) is 9.47 Å². The Bertz CT molecular complexity index is 840. The maximum atomic E-state index is 6.02. The monoisotopic (exact) mass is 349 g/mol. The molecule has 26 heavy (non-hydrogen) atoms. The Morgan fingerprint density at radius 3 is 2.31 bits per heavy atom. The van der Waals surface area contributed by atoms with Crippen LogP contribution in [0.3, 0.4) is 0 Å². The van der Waals surface area contributed by atoms with Gasteiger partial charge in [-0.1, -0.05) is 56.3 Å². The molecular formula is C23H27NO2. The summed E-state index contributed by atoms with van der Waals surface area (Å²) in [4.78, 5) is 0. The number of rotatable bonds is 8. The van der Waals surface area contributed by atoms with Gasteiger partial charge in [-0.05, 0) is 47.5 Å². The van der Waals surface area contributed by atoms with Crippen molar-refractivity contribution in [2.75, 3.05) is 20.3 Å². The summed E-state index contributed by atoms with van der Waals surface area (Å²) in [6.45, 7) is 6.19. The minimum atomic E-state index is 0.515. The van der Waals surface area contributed by atoms with Crippen LogP contribution in [0.2, 0.25) is 0 Å². The Balaban J connectivity index is 1.61. The fraction of sp³-hybridized carbons (Fsp3) is 0.304. The van der Waals surface area contributed by atoms with Gasteiger partial charge in [-0.2, -0.15) is 0 Å². The van der Waals surface area contributed by atoms with E-state index in [0.29, 0.717) is 19.1 Å². The molecule has 0 unspecified atom stereocenters. The van der Waals surface area contributed by atoms with E-state index in [1.165, 1.54) is 21.9 Å². The highest BCUT2D eigenvalue weighted by molar-refractivity contribution is 5.87. The molecule has 0 aromatic heterocycles. The van der Waals surface area contributed by atoms with Crippen LogP contribution in [0.15, 0.2) is 60.7 Å². The Hall–Kier alpha value is -2.52. The summed E-state index contributed by atoms with van der Waals surface area (Å²) < 4.78 is 11.8. The molecule has 0 heterocycles. The fourth-order valence-corrected chi connectivity index (χ4v) is 3.07. The second-order valence-corrected chi connectivity index (χ2v) is 6.71. The lowest BCUT2D eigenvalue weighted by molar-refractivity contribution is 0.216. The van der Waals surface area contributed by atoms with Gasteiger partial charge < -0.3 is 14.8 Å². The molecule has 0 spiro atoms. The van der Waals surface area contributed by atoms with Gasteiger partial charge in [-0.3, -0.25) is 0 Å². The van der Waals surface area contributed by atoms with Gasteiger partial charge >= 0.3 is 0 Å². The molecule has 0 fully saturated rings. The first-order chi connectivity index (χ1) is 12.7. The van der Waals surface area contributed by atoms with Crippen LogP contribution in [-0.2, 0) is 6.54 Å². The SMILES string of the molecule is CNCc1c(OCCOc2ccc(C(C)C)cc2)ccc2ccccc12. The van der Waals surface area contributed by atoms with Gasteiger partial charge in [0.15, 0.2) is 0 Å². The van der Waals surface area contributed by atoms with Crippen molar-refractivity contribution in [3.05, 3.63) is 71.8 Å². The van der Waals surface area contributed by atoms with Gasteiger partial charge in [-0.15, -0.1) is 0 Å². The summed E-state index contributed by atoms with van der Waals surface area (Å²) in [5.74, 6) is 2.33. The average molecular weight is 349 g/mol. The topological polar surface area (TPSA) is 30.5 Å². The lowest BCUT2D eigenvalue weighted by atomic mass is 10.0. The number of benzene rings is 3. The smallest absolute Gasteiger partial charge is 0.124 e. The molecule has 3 aromatic rings. The molecule has 0 bridgehead atoms. The van der Waals surface area contributed by atoms with Crippen LogP contribution in [0.4, 0.5) is 0 Å². The second-order valence-electron chi connectivity index (χ2n) is 6.71. The maximum Gasteiger partial charge on any atom is 0.124 e. The van der Waals surface area contributed by atoms with Crippen LogP contribution in [0.5, 0.6) is 11.5 Å². The average Bonchev–Trinajstić information content (AvgIpc) is 2.67. The normalized spacial score (nSPS) is 11.1. The molecular weight excluding hydrogens is 322 g/mol. The van der Waals surface area contributed by atoms with E-state index in [2.05, 4.69) is 61.6 Å². The van der Waals surface area contributed by atoms with Crippen LogP contribution < -0.4 is 14.8 Å². The van der Waals surface area contributed by atoms with Crippen molar-refractivity contribution in [2.45, 2.75) is 26.3 Å². The molecule has 3 nitrogen and oxygen atoms in total. The number of hydrogen-bond donors (Lipinski definition) is 1. The minimum absolute atomic E-state index is 0.515. The lowest BCUT2D eigenvalue weighted by Gasteiger charge is -2.15. The molecule has 0 aliphatic heterocycles. The second kappa shape index (κ2) is 8.72. The van der Waals surface area contributed by atoms with Crippen molar-refractivity contribution in [1.29, 1.82) is 0 Å². The van der Waals surface area contributed by atoms with E-state index >= 15 is 0 Å². The zero-order valence-electron chi connectivity index (χ0n) is 15.8. The van der Waals surface area contributed by atoms with E-state index in [1.54, 1.807) is 0 Å². The Morgan fingerprint density at radius 2 is 1.58 bits per heavy atom. The molecule has 0 saturated heterocycles. The summed E-state index contributed by atoms with van der Waals surface area (Å²) in [6.07, 6.45) is 0. The van der Waals surface area contributed by atoms with E-state index in [1.807, 2.05) is 25.2 Å². The first-order valence-electron chi connectivity index (χ1n) is 9.20. The van der Waals surface area contributed by atoms with Crippen LogP contribution in [0, 0.1) is 0 Å². The summed E-state index contributed by atoms with van der Waals surface area (Å²) in [5.41, 5.74) is 2.51. The molecule has 0 radical (unpaired) electrons. The molecule has 3 aromatic carbocycles. The zero-order valence-corrected chi connectivity index (χ0v) is 15.8. The summed E-state index contributed by atoms with van der Waals surface area (Å²) in [6, 6.07) is 20.8. The highest BCUT2D eigenvalue weighted by Gasteiger charge is 2.08. The first-order valence-corrected chi connectivity index (χ1v) is 9.20. The molecule has 1 N–H and O–H groups in total. The quantitative estimate of drug-likeness (QED) is 0.571. The van der Waals surface area contributed by atoms with E-state index in [-0.39, 0.29) is 0 Å². The van der Waals surface area contributed by atoms with E-state index in [9.17, 15) is 0 Å². The van der Waals surface area contributed by atoms with E-state index in [0.717, 1.165) is 18.0 Å². The maximum absolute atomic E-state index is 6.02. The standard InChI is InChI=1S/C23H27NO2/c1-17(2)18-8-11-20(12-9-18)25-14-15-26-23-13-10-19-6-4-5-7-21(19)22(23)16-24-3/h4-13,17,24H,14-16H2,1-3H3. The molecule has 0 aliphatic carbocycles. The Morgan fingerprint density at radius 1 is 0.846 bits per heavy atom. The molecule has 136 valence electrons. The Kier molecular flexibility index (Phi) is 6.13. The molecule has 0 saturated carbocycles. The number of nitrogens with one attached hydrogen (secondary N) is 1. The van der Waals surface area contributed by atoms with Crippen molar-refractivity contribution >= 4 is 10.8 Å². The number of hydrogen-bond acceptors (Lipinski definition) is 3. The summed E-state index contributed by atoms with van der Waals surface area (Å²) in [5, 5.41) is 5.69. The van der Waals surface area contributed by atoms with Crippen molar-refractivity contribution in [2.24, 2.45) is 0 Å². The van der Waals surface area contributed by atoms with Crippen molar-refractivity contribution in [3.63, 3.8) is 0 Å². The van der Waals surface area contributed by atoms with Crippen LogP contribution in [0.1, 0.15) is 30.9 Å². The van der Waals surface area contributed by atoms with Crippen molar-refractivity contribution in [1.82, 2.24) is 5.32 Å². The molecule has 0 aliphatic rings. The van der Waals surface area contributed by atoms with Gasteiger partial charge in [0.25, 0.3) is 0 Å². The largest absolute Gasteiger partial charge is 0.490 e. The highest BCUT2D eigenvalue weighted by Crippen LogP contribution is 2.28. The Labute approximate surface area is 156 Å². The molecule has 0 atom stereocenters. The van der Waals surface area contributed by atoms with Crippen LogP contribution in [0.25, 0.3) is 10.8 Å².